The zero-order chi connectivity index (χ0) is 32.7. The molecule has 0 bridgehead atoms. The number of nitrogens with zero attached hydrogens (tertiary/aromatic N) is 2. The molecule has 0 heterocycles. The summed E-state index contributed by atoms with van der Waals surface area (Å²) in [5.74, 6) is -0.711. The molecular formula is C33H40F3N3O4S. The van der Waals surface area contributed by atoms with Crippen molar-refractivity contribution in [3.63, 3.8) is 0 Å². The minimum absolute atomic E-state index is 0.0193. The second kappa shape index (κ2) is 14.3. The molecular weight excluding hydrogens is 591 g/mol. The lowest BCUT2D eigenvalue weighted by atomic mass is 10.00. The van der Waals surface area contributed by atoms with Gasteiger partial charge >= 0.3 is 6.18 Å². The molecule has 238 valence electrons. The van der Waals surface area contributed by atoms with Gasteiger partial charge in [-0.05, 0) is 63.4 Å². The first-order valence-corrected chi connectivity index (χ1v) is 16.1. The van der Waals surface area contributed by atoms with E-state index < -0.39 is 33.3 Å². The summed E-state index contributed by atoms with van der Waals surface area (Å²) in [6, 6.07) is 20.1. The molecule has 0 radical (unpaired) electrons. The zero-order valence-electron chi connectivity index (χ0n) is 25.7. The van der Waals surface area contributed by atoms with Gasteiger partial charge in [0.25, 0.3) is 0 Å². The molecule has 1 atom stereocenters. The van der Waals surface area contributed by atoms with Crippen LogP contribution in [-0.2, 0) is 38.8 Å². The van der Waals surface area contributed by atoms with E-state index in [0.717, 1.165) is 45.5 Å². The van der Waals surface area contributed by atoms with Crippen LogP contribution in [0.3, 0.4) is 0 Å². The summed E-state index contributed by atoms with van der Waals surface area (Å²) < 4.78 is 66.0. The highest BCUT2D eigenvalue weighted by Crippen LogP contribution is 2.32. The predicted molar refractivity (Wildman–Crippen MR) is 166 cm³/mol. The molecule has 44 heavy (non-hydrogen) atoms. The van der Waals surface area contributed by atoms with Gasteiger partial charge in [0.1, 0.15) is 6.04 Å². The fraction of sp³-hybridized carbons (Fsp3) is 0.394. The first-order chi connectivity index (χ1) is 20.4. The Morgan fingerprint density at radius 2 is 1.52 bits per heavy atom. The molecule has 1 N–H and O–H groups in total. The Balaban J connectivity index is 1.91. The number of carbonyl (C=O) groups is 2. The average Bonchev–Trinajstić information content (AvgIpc) is 2.92. The average molecular weight is 632 g/mol. The molecule has 3 aromatic rings. The summed E-state index contributed by atoms with van der Waals surface area (Å²) in [6.45, 7) is 7.41. The van der Waals surface area contributed by atoms with E-state index in [4.69, 9.17) is 0 Å². The normalized spacial score (nSPS) is 12.8. The van der Waals surface area contributed by atoms with Gasteiger partial charge in [-0.25, -0.2) is 8.42 Å². The van der Waals surface area contributed by atoms with Gasteiger partial charge in [0.15, 0.2) is 0 Å². The lowest BCUT2D eigenvalue weighted by molar-refractivity contribution is -0.142. The van der Waals surface area contributed by atoms with Crippen molar-refractivity contribution in [3.05, 3.63) is 101 Å². The van der Waals surface area contributed by atoms with Crippen LogP contribution in [0.25, 0.3) is 0 Å². The van der Waals surface area contributed by atoms with Crippen LogP contribution in [0.1, 0.15) is 55.9 Å². The number of alkyl halides is 3. The summed E-state index contributed by atoms with van der Waals surface area (Å²) in [4.78, 5) is 29.1. The number of carbonyl (C=O) groups excluding carboxylic acids is 2. The number of halogens is 3. The molecule has 0 unspecified atom stereocenters. The van der Waals surface area contributed by atoms with Crippen molar-refractivity contribution in [3.8, 4) is 0 Å². The maximum Gasteiger partial charge on any atom is 0.416 e. The molecule has 11 heteroatoms. The first kappa shape index (κ1) is 34.6. The van der Waals surface area contributed by atoms with E-state index in [-0.39, 0.29) is 49.9 Å². The van der Waals surface area contributed by atoms with Crippen LogP contribution in [-0.4, -0.2) is 49.5 Å². The fourth-order valence-corrected chi connectivity index (χ4v) is 5.70. The fourth-order valence-electron chi connectivity index (χ4n) is 4.74. The van der Waals surface area contributed by atoms with E-state index in [1.54, 1.807) is 0 Å². The van der Waals surface area contributed by atoms with Crippen LogP contribution in [0.5, 0.6) is 0 Å². The summed E-state index contributed by atoms with van der Waals surface area (Å²) in [5, 5.41) is 2.99. The number of nitrogens with one attached hydrogen (secondary N) is 1. The minimum Gasteiger partial charge on any atom is -0.350 e. The molecule has 3 rings (SSSR count). The highest BCUT2D eigenvalue weighted by Gasteiger charge is 2.33. The smallest absolute Gasteiger partial charge is 0.350 e. The maximum atomic E-state index is 13.9. The highest BCUT2D eigenvalue weighted by molar-refractivity contribution is 7.92. The summed E-state index contributed by atoms with van der Waals surface area (Å²) >= 11 is 0. The van der Waals surface area contributed by atoms with E-state index in [1.807, 2.05) is 82.3 Å². The number of hydrogen-bond acceptors (Lipinski definition) is 4. The van der Waals surface area contributed by atoms with E-state index in [1.165, 1.54) is 11.0 Å². The molecule has 0 saturated carbocycles. The standard InChI is InChI=1S/C33H40F3N3O4S/c1-24-16-18-26(19-17-24)23-38(29(31(41)37-32(2,3)4)21-25-11-7-6-8-12-25)30(40)15-10-20-39(44(5,42)43)28-14-9-13-27(22-28)33(34,35)36/h6-9,11-14,16-19,22,29H,10,15,20-21,23H2,1-5H3,(H,37,41)/t29-/m1/s1. The van der Waals surface area contributed by atoms with Gasteiger partial charge < -0.3 is 10.2 Å². The Morgan fingerprint density at radius 3 is 2.09 bits per heavy atom. The highest BCUT2D eigenvalue weighted by atomic mass is 32.2. The van der Waals surface area contributed by atoms with Crippen molar-refractivity contribution in [2.75, 3.05) is 17.1 Å². The van der Waals surface area contributed by atoms with Gasteiger partial charge in [0, 0.05) is 31.5 Å². The van der Waals surface area contributed by atoms with Crippen LogP contribution >= 0.6 is 0 Å². The van der Waals surface area contributed by atoms with Gasteiger partial charge in [-0.1, -0.05) is 66.2 Å². The number of hydrogen-bond donors (Lipinski definition) is 1. The first-order valence-electron chi connectivity index (χ1n) is 14.3. The number of amides is 2. The molecule has 0 aliphatic rings. The Labute approximate surface area is 258 Å². The Kier molecular flexibility index (Phi) is 11.2. The Hall–Kier alpha value is -3.86. The number of benzene rings is 3. The third-order valence-electron chi connectivity index (χ3n) is 6.86. The lowest BCUT2D eigenvalue weighted by Gasteiger charge is -2.34. The van der Waals surface area contributed by atoms with Gasteiger partial charge in [0.05, 0.1) is 17.5 Å². The molecule has 3 aromatic carbocycles. The number of sulfonamides is 1. The number of aryl methyl sites for hydroxylation is 1. The second-order valence-corrected chi connectivity index (χ2v) is 13.8. The zero-order valence-corrected chi connectivity index (χ0v) is 26.5. The van der Waals surface area contributed by atoms with Crippen molar-refractivity contribution < 1.29 is 31.2 Å². The second-order valence-electron chi connectivity index (χ2n) is 11.9. The minimum atomic E-state index is -4.65. The summed E-state index contributed by atoms with van der Waals surface area (Å²) in [5.41, 5.74) is 1.03. The topological polar surface area (TPSA) is 86.8 Å². The third kappa shape index (κ3) is 10.4. The van der Waals surface area contributed by atoms with Crippen LogP contribution in [0, 0.1) is 6.92 Å². The predicted octanol–water partition coefficient (Wildman–Crippen LogP) is 6.11. The number of rotatable bonds is 12. The molecule has 2 amide bonds. The molecule has 7 nitrogen and oxygen atoms in total. The van der Waals surface area contributed by atoms with Crippen molar-refractivity contribution in [2.24, 2.45) is 0 Å². The van der Waals surface area contributed by atoms with Crippen LogP contribution in [0.4, 0.5) is 18.9 Å². The third-order valence-corrected chi connectivity index (χ3v) is 8.05. The quantitative estimate of drug-likeness (QED) is 0.261. The monoisotopic (exact) mass is 631 g/mol. The van der Waals surface area contributed by atoms with Crippen LogP contribution in [0.15, 0.2) is 78.9 Å². The summed E-state index contributed by atoms with van der Waals surface area (Å²) in [6.07, 6.45) is -3.60. The molecule has 0 aromatic heterocycles. The van der Waals surface area contributed by atoms with Crippen molar-refractivity contribution >= 4 is 27.5 Å². The molecule has 0 aliphatic heterocycles. The molecule has 0 saturated heterocycles. The molecule has 0 aliphatic carbocycles. The van der Waals surface area contributed by atoms with Crippen molar-refractivity contribution in [2.45, 2.75) is 71.3 Å². The van der Waals surface area contributed by atoms with Gasteiger partial charge in [0.2, 0.25) is 21.8 Å². The lowest BCUT2D eigenvalue weighted by Crippen LogP contribution is -2.54. The Morgan fingerprint density at radius 1 is 0.886 bits per heavy atom. The van der Waals surface area contributed by atoms with Crippen LogP contribution in [0.2, 0.25) is 0 Å². The van der Waals surface area contributed by atoms with E-state index in [9.17, 15) is 31.2 Å². The van der Waals surface area contributed by atoms with E-state index in [2.05, 4.69) is 5.32 Å². The molecule has 0 spiro atoms. The van der Waals surface area contributed by atoms with Gasteiger partial charge in [-0.3, -0.25) is 13.9 Å². The number of anilines is 1. The maximum absolute atomic E-state index is 13.9. The Bertz CT molecular complexity index is 1520. The van der Waals surface area contributed by atoms with Gasteiger partial charge in [-0.2, -0.15) is 13.2 Å². The largest absolute Gasteiger partial charge is 0.416 e. The van der Waals surface area contributed by atoms with Crippen molar-refractivity contribution in [1.29, 1.82) is 0 Å². The van der Waals surface area contributed by atoms with Gasteiger partial charge in [-0.15, -0.1) is 0 Å². The van der Waals surface area contributed by atoms with Crippen LogP contribution < -0.4 is 9.62 Å². The summed E-state index contributed by atoms with van der Waals surface area (Å²) in [7, 11) is -3.96. The van der Waals surface area contributed by atoms with E-state index in [0.29, 0.717) is 0 Å². The van der Waals surface area contributed by atoms with Crippen molar-refractivity contribution in [1.82, 2.24) is 10.2 Å². The SMILES string of the molecule is Cc1ccc(CN(C(=O)CCCN(c2cccc(C(F)(F)F)c2)S(C)(=O)=O)[C@H](Cc2ccccc2)C(=O)NC(C)(C)C)cc1. The molecule has 0 fully saturated rings. The van der Waals surface area contributed by atoms with E-state index >= 15 is 0 Å².